The van der Waals surface area contributed by atoms with Crippen molar-refractivity contribution in [3.8, 4) is 11.5 Å². The minimum Gasteiger partial charge on any atom is -0.491 e. The SMILES string of the molecule is Nc1ccc(OCC(O)COc2ccc(F)cc2Cl)cc1. The van der Waals surface area contributed by atoms with Gasteiger partial charge in [-0.05, 0) is 42.5 Å². The number of halogens is 2. The first kappa shape index (κ1) is 15.4. The van der Waals surface area contributed by atoms with Crippen molar-refractivity contribution < 1.29 is 19.0 Å². The van der Waals surface area contributed by atoms with Crippen LogP contribution in [-0.4, -0.2) is 24.4 Å². The fourth-order valence-electron chi connectivity index (χ4n) is 1.58. The van der Waals surface area contributed by atoms with Gasteiger partial charge in [0.2, 0.25) is 0 Å². The number of rotatable bonds is 6. The van der Waals surface area contributed by atoms with Crippen LogP contribution in [0.15, 0.2) is 42.5 Å². The molecule has 0 fully saturated rings. The number of aliphatic hydroxyl groups excluding tert-OH is 1. The van der Waals surface area contributed by atoms with Crippen LogP contribution < -0.4 is 15.2 Å². The fourth-order valence-corrected chi connectivity index (χ4v) is 1.80. The first-order chi connectivity index (χ1) is 10.0. The van der Waals surface area contributed by atoms with E-state index in [1.165, 1.54) is 12.1 Å². The molecule has 0 spiro atoms. The molecule has 0 amide bonds. The average molecular weight is 312 g/mol. The van der Waals surface area contributed by atoms with Crippen molar-refractivity contribution in [1.82, 2.24) is 0 Å². The molecule has 3 N–H and O–H groups in total. The average Bonchev–Trinajstić information content (AvgIpc) is 2.46. The summed E-state index contributed by atoms with van der Waals surface area (Å²) in [5, 5.41) is 9.93. The van der Waals surface area contributed by atoms with Gasteiger partial charge in [0, 0.05) is 5.69 Å². The molecule has 1 unspecified atom stereocenters. The van der Waals surface area contributed by atoms with Crippen LogP contribution >= 0.6 is 11.6 Å². The molecule has 0 aliphatic carbocycles. The third kappa shape index (κ3) is 4.81. The molecule has 0 saturated carbocycles. The number of aliphatic hydroxyl groups is 1. The Morgan fingerprint density at radius 3 is 2.43 bits per heavy atom. The zero-order valence-corrected chi connectivity index (χ0v) is 11.9. The largest absolute Gasteiger partial charge is 0.491 e. The Bertz CT molecular complexity index is 592. The maximum absolute atomic E-state index is 12.9. The van der Waals surface area contributed by atoms with E-state index in [1.807, 2.05) is 0 Å². The van der Waals surface area contributed by atoms with E-state index >= 15 is 0 Å². The molecule has 112 valence electrons. The number of hydrogen-bond donors (Lipinski definition) is 2. The lowest BCUT2D eigenvalue weighted by Gasteiger charge is -2.14. The second-order valence-electron chi connectivity index (χ2n) is 4.42. The summed E-state index contributed by atoms with van der Waals surface area (Å²) in [4.78, 5) is 0. The van der Waals surface area contributed by atoms with Gasteiger partial charge in [-0.2, -0.15) is 0 Å². The lowest BCUT2D eigenvalue weighted by molar-refractivity contribution is 0.0626. The first-order valence-electron chi connectivity index (χ1n) is 6.29. The molecule has 0 radical (unpaired) electrons. The van der Waals surface area contributed by atoms with Gasteiger partial charge < -0.3 is 20.3 Å². The molecule has 0 aromatic heterocycles. The summed E-state index contributed by atoms with van der Waals surface area (Å²) in [5.41, 5.74) is 6.19. The van der Waals surface area contributed by atoms with E-state index in [4.69, 9.17) is 26.8 Å². The topological polar surface area (TPSA) is 64.7 Å². The van der Waals surface area contributed by atoms with Crippen LogP contribution in [0, 0.1) is 5.82 Å². The molecule has 21 heavy (non-hydrogen) atoms. The molecule has 0 aliphatic rings. The van der Waals surface area contributed by atoms with Crippen molar-refractivity contribution in [2.24, 2.45) is 0 Å². The van der Waals surface area contributed by atoms with Crippen molar-refractivity contribution in [3.63, 3.8) is 0 Å². The molecule has 0 aliphatic heterocycles. The molecule has 0 saturated heterocycles. The van der Waals surface area contributed by atoms with Crippen LogP contribution in [0.25, 0.3) is 0 Å². The quantitative estimate of drug-likeness (QED) is 0.805. The molecular weight excluding hydrogens is 297 g/mol. The van der Waals surface area contributed by atoms with Gasteiger partial charge in [0.15, 0.2) is 0 Å². The summed E-state index contributed by atoms with van der Waals surface area (Å²) in [5.74, 6) is 0.465. The second kappa shape index (κ2) is 7.15. The normalized spacial score (nSPS) is 12.0. The maximum atomic E-state index is 12.9. The molecule has 2 aromatic rings. The van der Waals surface area contributed by atoms with Gasteiger partial charge in [-0.3, -0.25) is 0 Å². The molecular formula is C15H15ClFNO3. The third-order valence-electron chi connectivity index (χ3n) is 2.65. The Morgan fingerprint density at radius 1 is 1.10 bits per heavy atom. The van der Waals surface area contributed by atoms with E-state index in [0.29, 0.717) is 17.2 Å². The Labute approximate surface area is 126 Å². The zero-order chi connectivity index (χ0) is 15.2. The standard InChI is InChI=1S/C15H15ClFNO3/c16-14-7-10(17)1-6-15(14)21-9-12(19)8-20-13-4-2-11(18)3-5-13/h1-7,12,19H,8-9,18H2. The van der Waals surface area contributed by atoms with E-state index in [1.54, 1.807) is 24.3 Å². The predicted molar refractivity (Wildman–Crippen MR) is 79.3 cm³/mol. The number of hydrogen-bond acceptors (Lipinski definition) is 4. The van der Waals surface area contributed by atoms with E-state index in [0.717, 1.165) is 6.07 Å². The second-order valence-corrected chi connectivity index (χ2v) is 4.83. The number of anilines is 1. The zero-order valence-electron chi connectivity index (χ0n) is 11.1. The molecule has 6 heteroatoms. The summed E-state index contributed by atoms with van der Waals surface area (Å²) in [6.07, 6.45) is -0.844. The van der Waals surface area contributed by atoms with Crippen LogP contribution in [0.1, 0.15) is 0 Å². The number of nitrogens with two attached hydrogens (primary N) is 1. The number of ether oxygens (including phenoxy) is 2. The highest BCUT2D eigenvalue weighted by atomic mass is 35.5. The van der Waals surface area contributed by atoms with Gasteiger partial charge in [0.1, 0.15) is 36.6 Å². The summed E-state index contributed by atoms with van der Waals surface area (Å²) in [6, 6.07) is 10.6. The Hall–Kier alpha value is -1.98. The molecule has 1 atom stereocenters. The summed E-state index contributed by atoms with van der Waals surface area (Å²) < 4.78 is 23.6. The third-order valence-corrected chi connectivity index (χ3v) is 2.94. The van der Waals surface area contributed by atoms with Crippen molar-refractivity contribution >= 4 is 17.3 Å². The summed E-state index contributed by atoms with van der Waals surface area (Å²) in [7, 11) is 0. The maximum Gasteiger partial charge on any atom is 0.138 e. The molecule has 4 nitrogen and oxygen atoms in total. The van der Waals surface area contributed by atoms with E-state index in [9.17, 15) is 9.50 Å². The minimum absolute atomic E-state index is 0.0136. The Morgan fingerprint density at radius 2 is 1.76 bits per heavy atom. The van der Waals surface area contributed by atoms with Crippen molar-refractivity contribution in [2.45, 2.75) is 6.10 Å². The summed E-state index contributed by atoms with van der Waals surface area (Å²) in [6.45, 7) is 0.0447. The van der Waals surface area contributed by atoms with E-state index in [2.05, 4.69) is 0 Å². The van der Waals surface area contributed by atoms with Crippen molar-refractivity contribution in [2.75, 3.05) is 18.9 Å². The molecule has 0 bridgehead atoms. The monoisotopic (exact) mass is 311 g/mol. The van der Waals surface area contributed by atoms with Crippen LogP contribution in [0.4, 0.5) is 10.1 Å². The van der Waals surface area contributed by atoms with Crippen LogP contribution in [0.3, 0.4) is 0 Å². The Kier molecular flexibility index (Phi) is 5.25. The fraction of sp³-hybridized carbons (Fsp3) is 0.200. The first-order valence-corrected chi connectivity index (χ1v) is 6.66. The predicted octanol–water partition coefficient (Wildman–Crippen LogP) is 2.88. The van der Waals surface area contributed by atoms with Gasteiger partial charge in [-0.25, -0.2) is 4.39 Å². The lowest BCUT2D eigenvalue weighted by atomic mass is 10.3. The molecule has 0 heterocycles. The molecule has 2 aromatic carbocycles. The van der Waals surface area contributed by atoms with Gasteiger partial charge in [-0.1, -0.05) is 11.6 Å². The van der Waals surface area contributed by atoms with Crippen LogP contribution in [-0.2, 0) is 0 Å². The van der Waals surface area contributed by atoms with Gasteiger partial charge in [0.25, 0.3) is 0 Å². The van der Waals surface area contributed by atoms with Gasteiger partial charge >= 0.3 is 0 Å². The highest BCUT2D eigenvalue weighted by Crippen LogP contribution is 2.24. The molecule has 2 rings (SSSR count). The van der Waals surface area contributed by atoms with Gasteiger partial charge in [0.05, 0.1) is 5.02 Å². The van der Waals surface area contributed by atoms with E-state index < -0.39 is 11.9 Å². The Balaban J connectivity index is 1.79. The van der Waals surface area contributed by atoms with Gasteiger partial charge in [-0.15, -0.1) is 0 Å². The van der Waals surface area contributed by atoms with Crippen LogP contribution in [0.5, 0.6) is 11.5 Å². The smallest absolute Gasteiger partial charge is 0.138 e. The lowest BCUT2D eigenvalue weighted by Crippen LogP contribution is -2.25. The number of nitrogen functional groups attached to an aromatic ring is 1. The highest BCUT2D eigenvalue weighted by molar-refractivity contribution is 6.32. The van der Waals surface area contributed by atoms with E-state index in [-0.39, 0.29) is 18.2 Å². The van der Waals surface area contributed by atoms with Crippen molar-refractivity contribution in [3.05, 3.63) is 53.3 Å². The number of benzene rings is 2. The summed E-state index contributed by atoms with van der Waals surface area (Å²) >= 11 is 5.81. The minimum atomic E-state index is -0.844. The van der Waals surface area contributed by atoms with Crippen LogP contribution in [0.2, 0.25) is 5.02 Å². The van der Waals surface area contributed by atoms with Crippen molar-refractivity contribution in [1.29, 1.82) is 0 Å². The highest BCUT2D eigenvalue weighted by Gasteiger charge is 2.09.